The molecule has 0 aliphatic heterocycles. The number of amides is 3. The minimum Gasteiger partial charge on any atom is -0.466 e. The summed E-state index contributed by atoms with van der Waals surface area (Å²) in [5, 5.41) is 15.1. The summed E-state index contributed by atoms with van der Waals surface area (Å²) in [6.45, 7) is 6.41. The quantitative estimate of drug-likeness (QED) is 0.238. The van der Waals surface area contributed by atoms with Crippen molar-refractivity contribution < 1.29 is 33.8 Å². The second kappa shape index (κ2) is 16.6. The van der Waals surface area contributed by atoms with Crippen molar-refractivity contribution in [1.29, 1.82) is 0 Å². The van der Waals surface area contributed by atoms with Gasteiger partial charge in [-0.15, -0.1) is 6.42 Å². The minimum absolute atomic E-state index is 0.0101. The number of aliphatic hydroxyl groups is 1. The number of hydrogen-bond donors (Lipinski definition) is 3. The summed E-state index contributed by atoms with van der Waals surface area (Å²) in [7, 11) is 0. The summed E-state index contributed by atoms with van der Waals surface area (Å²) in [6, 6.07) is 4.35. The van der Waals surface area contributed by atoms with Gasteiger partial charge in [-0.05, 0) is 63.8 Å². The molecule has 11 heteroatoms. The van der Waals surface area contributed by atoms with Crippen LogP contribution < -0.4 is 10.6 Å². The molecule has 2 atom stereocenters. The SMILES string of the molecule is C#Cc1ccc(C(C(=O)NCCC(=O)OCC)N(CCO)C(=O)C(CCSC)NC(=O)OC(C)(C)C)cc1. The second-order valence-electron chi connectivity index (χ2n) is 9.25. The zero-order chi connectivity index (χ0) is 28.7. The molecule has 3 N–H and O–H groups in total. The Morgan fingerprint density at radius 3 is 2.37 bits per heavy atom. The van der Waals surface area contributed by atoms with Gasteiger partial charge in [-0.3, -0.25) is 14.4 Å². The molecular formula is C27H39N3O7S. The van der Waals surface area contributed by atoms with Gasteiger partial charge in [0, 0.05) is 18.7 Å². The third kappa shape index (κ3) is 11.4. The molecule has 1 aromatic rings. The molecule has 0 radical (unpaired) electrons. The first kappa shape index (κ1) is 32.8. The number of carbonyl (C=O) groups is 4. The van der Waals surface area contributed by atoms with E-state index in [2.05, 4.69) is 16.6 Å². The molecule has 38 heavy (non-hydrogen) atoms. The van der Waals surface area contributed by atoms with Gasteiger partial charge in [0.15, 0.2) is 0 Å². The van der Waals surface area contributed by atoms with Gasteiger partial charge in [0.25, 0.3) is 0 Å². The molecule has 2 unspecified atom stereocenters. The molecule has 0 aromatic heterocycles. The minimum atomic E-state index is -1.17. The number of nitrogens with one attached hydrogen (secondary N) is 2. The Kier molecular flexibility index (Phi) is 14.3. The van der Waals surface area contributed by atoms with Crippen LogP contribution in [0.4, 0.5) is 4.79 Å². The molecular weight excluding hydrogens is 510 g/mol. The zero-order valence-corrected chi connectivity index (χ0v) is 23.6. The average molecular weight is 550 g/mol. The number of terminal acetylenes is 1. The van der Waals surface area contributed by atoms with Crippen LogP contribution in [0.15, 0.2) is 24.3 Å². The van der Waals surface area contributed by atoms with Gasteiger partial charge in [0.1, 0.15) is 17.7 Å². The van der Waals surface area contributed by atoms with Crippen molar-refractivity contribution in [2.75, 3.05) is 38.3 Å². The molecule has 3 amide bonds. The van der Waals surface area contributed by atoms with Gasteiger partial charge in [0.05, 0.1) is 19.6 Å². The smallest absolute Gasteiger partial charge is 0.408 e. The van der Waals surface area contributed by atoms with Gasteiger partial charge in [-0.2, -0.15) is 11.8 Å². The third-order valence-electron chi connectivity index (χ3n) is 5.11. The first-order valence-electron chi connectivity index (χ1n) is 12.4. The first-order valence-corrected chi connectivity index (χ1v) is 13.8. The maximum absolute atomic E-state index is 13.8. The van der Waals surface area contributed by atoms with Crippen molar-refractivity contribution in [2.45, 2.75) is 58.2 Å². The molecule has 0 saturated carbocycles. The Bertz CT molecular complexity index is 970. The molecule has 0 aliphatic rings. The van der Waals surface area contributed by atoms with E-state index in [0.717, 1.165) is 0 Å². The summed E-state index contributed by atoms with van der Waals surface area (Å²) in [5.41, 5.74) is 0.252. The molecule has 210 valence electrons. The number of esters is 1. The van der Waals surface area contributed by atoms with Crippen LogP contribution in [-0.4, -0.2) is 83.8 Å². The molecule has 10 nitrogen and oxygen atoms in total. The summed E-state index contributed by atoms with van der Waals surface area (Å²) in [4.78, 5) is 52.7. The van der Waals surface area contributed by atoms with Crippen molar-refractivity contribution in [2.24, 2.45) is 0 Å². The van der Waals surface area contributed by atoms with Gasteiger partial charge in [-0.1, -0.05) is 18.1 Å². The summed E-state index contributed by atoms with van der Waals surface area (Å²) < 4.78 is 10.2. The lowest BCUT2D eigenvalue weighted by Gasteiger charge is -2.34. The van der Waals surface area contributed by atoms with E-state index in [4.69, 9.17) is 15.9 Å². The van der Waals surface area contributed by atoms with Crippen molar-refractivity contribution in [3.8, 4) is 12.3 Å². The Morgan fingerprint density at radius 1 is 1.18 bits per heavy atom. The van der Waals surface area contributed by atoms with E-state index in [9.17, 15) is 24.3 Å². The van der Waals surface area contributed by atoms with E-state index in [1.165, 1.54) is 16.7 Å². The van der Waals surface area contributed by atoms with Crippen LogP contribution in [0.5, 0.6) is 0 Å². The van der Waals surface area contributed by atoms with E-state index in [1.54, 1.807) is 52.0 Å². The molecule has 0 spiro atoms. The average Bonchev–Trinajstić information content (AvgIpc) is 2.85. The summed E-state index contributed by atoms with van der Waals surface area (Å²) in [5.74, 6) is 1.45. The molecule has 0 fully saturated rings. The van der Waals surface area contributed by atoms with Crippen LogP contribution in [0.25, 0.3) is 0 Å². The van der Waals surface area contributed by atoms with Crippen molar-refractivity contribution in [1.82, 2.24) is 15.5 Å². The number of benzene rings is 1. The van der Waals surface area contributed by atoms with Gasteiger partial charge in [-0.25, -0.2) is 4.79 Å². The maximum Gasteiger partial charge on any atom is 0.408 e. The highest BCUT2D eigenvalue weighted by Crippen LogP contribution is 2.24. The van der Waals surface area contributed by atoms with Gasteiger partial charge < -0.3 is 30.1 Å². The monoisotopic (exact) mass is 549 g/mol. The Morgan fingerprint density at radius 2 is 1.84 bits per heavy atom. The fourth-order valence-electron chi connectivity index (χ4n) is 3.47. The molecule has 0 aliphatic carbocycles. The Labute approximate surface area is 229 Å². The number of hydrogen-bond acceptors (Lipinski definition) is 8. The van der Waals surface area contributed by atoms with Crippen LogP contribution in [0.2, 0.25) is 0 Å². The van der Waals surface area contributed by atoms with Gasteiger partial charge in [0.2, 0.25) is 11.8 Å². The van der Waals surface area contributed by atoms with Gasteiger partial charge >= 0.3 is 12.1 Å². The lowest BCUT2D eigenvalue weighted by molar-refractivity contribution is -0.144. The largest absolute Gasteiger partial charge is 0.466 e. The van der Waals surface area contributed by atoms with E-state index < -0.39 is 48.2 Å². The fourth-order valence-corrected chi connectivity index (χ4v) is 3.94. The number of rotatable bonds is 14. The maximum atomic E-state index is 13.8. The van der Waals surface area contributed by atoms with Crippen molar-refractivity contribution >= 4 is 35.6 Å². The third-order valence-corrected chi connectivity index (χ3v) is 5.75. The van der Waals surface area contributed by atoms with Crippen LogP contribution in [0.3, 0.4) is 0 Å². The molecule has 0 saturated heterocycles. The normalized spacial score (nSPS) is 12.4. The highest BCUT2D eigenvalue weighted by atomic mass is 32.2. The van der Waals surface area contributed by atoms with Crippen LogP contribution in [0.1, 0.15) is 57.7 Å². The number of aliphatic hydroxyl groups excluding tert-OH is 1. The van der Waals surface area contributed by atoms with Crippen LogP contribution in [-0.2, 0) is 23.9 Å². The molecule has 1 aromatic carbocycles. The predicted octanol–water partition coefficient (Wildman–Crippen LogP) is 2.25. The predicted molar refractivity (Wildman–Crippen MR) is 146 cm³/mol. The lowest BCUT2D eigenvalue weighted by Crippen LogP contribution is -2.54. The van der Waals surface area contributed by atoms with E-state index >= 15 is 0 Å². The molecule has 1 rings (SSSR count). The van der Waals surface area contributed by atoms with E-state index in [1.807, 2.05) is 6.26 Å². The highest BCUT2D eigenvalue weighted by molar-refractivity contribution is 7.98. The van der Waals surface area contributed by atoms with Crippen molar-refractivity contribution in [3.05, 3.63) is 35.4 Å². The second-order valence-corrected chi connectivity index (χ2v) is 10.2. The van der Waals surface area contributed by atoms with Crippen LogP contribution >= 0.6 is 11.8 Å². The summed E-state index contributed by atoms with van der Waals surface area (Å²) in [6.07, 6.45) is 6.78. The van der Waals surface area contributed by atoms with Crippen molar-refractivity contribution in [3.63, 3.8) is 0 Å². The van der Waals surface area contributed by atoms with Crippen LogP contribution in [0, 0.1) is 12.3 Å². The number of ether oxygens (including phenoxy) is 2. The fraction of sp³-hybridized carbons (Fsp3) is 0.556. The molecule has 0 bridgehead atoms. The first-order chi connectivity index (χ1) is 18.0. The number of alkyl carbamates (subject to hydrolysis) is 1. The molecule has 0 heterocycles. The number of carbonyl (C=O) groups excluding carboxylic acids is 4. The Balaban J connectivity index is 3.35. The zero-order valence-electron chi connectivity index (χ0n) is 22.7. The Hall–Kier alpha value is -3.23. The highest BCUT2D eigenvalue weighted by Gasteiger charge is 2.36. The number of thioether (sulfide) groups is 1. The number of nitrogens with zero attached hydrogens (tertiary/aromatic N) is 1. The topological polar surface area (TPSA) is 134 Å². The lowest BCUT2D eigenvalue weighted by atomic mass is 10.0. The standard InChI is InChI=1S/C27H39N3O7S/c1-7-19-9-11-20(12-10-19)23(24(33)28-15-13-22(32)36-8-2)30(16-17-31)25(34)21(14-18-38-6)29-26(35)37-27(3,4)5/h1,9-12,21,23,31H,8,13-18H2,2-6H3,(H,28,33)(H,29,35). The van der Waals surface area contributed by atoms with E-state index in [0.29, 0.717) is 16.9 Å². The van der Waals surface area contributed by atoms with E-state index in [-0.39, 0.29) is 32.5 Å². The summed E-state index contributed by atoms with van der Waals surface area (Å²) >= 11 is 1.49.